The van der Waals surface area contributed by atoms with E-state index in [9.17, 15) is 8.42 Å². The van der Waals surface area contributed by atoms with Crippen molar-refractivity contribution in [2.24, 2.45) is 0 Å². The SMILES string of the molecule is Cc1n[nH]c(C)c1S(=O)(=O)N(c1ccccn1)C1CC1. The summed E-state index contributed by atoms with van der Waals surface area (Å²) in [5.74, 6) is 0.468. The molecular weight excluding hydrogens is 276 g/mol. The number of aryl methyl sites for hydroxylation is 2. The summed E-state index contributed by atoms with van der Waals surface area (Å²) in [5.41, 5.74) is 1.05. The van der Waals surface area contributed by atoms with Crippen LogP contribution in [0.25, 0.3) is 0 Å². The Bertz CT molecular complexity index is 701. The minimum atomic E-state index is -3.63. The first kappa shape index (κ1) is 13.1. The molecule has 1 aliphatic carbocycles. The molecule has 20 heavy (non-hydrogen) atoms. The maximum Gasteiger partial charge on any atom is 0.269 e. The lowest BCUT2D eigenvalue weighted by molar-refractivity contribution is 0.588. The van der Waals surface area contributed by atoms with Gasteiger partial charge in [-0.1, -0.05) is 6.07 Å². The largest absolute Gasteiger partial charge is 0.281 e. The quantitative estimate of drug-likeness (QED) is 0.931. The van der Waals surface area contributed by atoms with Crippen LogP contribution in [0.1, 0.15) is 24.2 Å². The molecule has 1 aliphatic rings. The van der Waals surface area contributed by atoms with Gasteiger partial charge in [0.2, 0.25) is 0 Å². The average Bonchev–Trinajstić information content (AvgIpc) is 3.16. The molecule has 0 saturated heterocycles. The van der Waals surface area contributed by atoms with Crippen LogP contribution in [0.15, 0.2) is 29.3 Å². The van der Waals surface area contributed by atoms with Crippen LogP contribution in [-0.4, -0.2) is 29.6 Å². The van der Waals surface area contributed by atoms with Crippen molar-refractivity contribution in [1.82, 2.24) is 15.2 Å². The van der Waals surface area contributed by atoms with Crippen LogP contribution < -0.4 is 4.31 Å². The van der Waals surface area contributed by atoms with E-state index in [2.05, 4.69) is 15.2 Å². The van der Waals surface area contributed by atoms with Gasteiger partial charge in [-0.15, -0.1) is 0 Å². The molecule has 0 aromatic carbocycles. The van der Waals surface area contributed by atoms with Crippen molar-refractivity contribution >= 4 is 15.8 Å². The zero-order valence-electron chi connectivity index (χ0n) is 11.4. The first-order valence-corrected chi connectivity index (χ1v) is 7.93. The molecule has 0 spiro atoms. The normalized spacial score (nSPS) is 15.3. The third kappa shape index (κ3) is 2.07. The Morgan fingerprint density at radius 2 is 2.05 bits per heavy atom. The van der Waals surface area contributed by atoms with Crippen molar-refractivity contribution in [2.75, 3.05) is 4.31 Å². The smallest absolute Gasteiger partial charge is 0.269 e. The first-order valence-electron chi connectivity index (χ1n) is 6.49. The monoisotopic (exact) mass is 292 g/mol. The summed E-state index contributed by atoms with van der Waals surface area (Å²) in [6.07, 6.45) is 3.34. The zero-order valence-corrected chi connectivity index (χ0v) is 12.2. The second kappa shape index (κ2) is 4.59. The van der Waals surface area contributed by atoms with E-state index in [0.29, 0.717) is 17.2 Å². The highest BCUT2D eigenvalue weighted by atomic mass is 32.2. The van der Waals surface area contributed by atoms with Crippen molar-refractivity contribution in [2.45, 2.75) is 37.6 Å². The maximum absolute atomic E-state index is 12.9. The number of rotatable bonds is 4. The fraction of sp³-hybridized carbons (Fsp3) is 0.385. The van der Waals surface area contributed by atoms with Gasteiger partial charge in [0.1, 0.15) is 10.7 Å². The van der Waals surface area contributed by atoms with Gasteiger partial charge < -0.3 is 0 Å². The van der Waals surface area contributed by atoms with Crippen LogP contribution in [0.4, 0.5) is 5.82 Å². The number of H-pyrrole nitrogens is 1. The standard InChI is InChI=1S/C13H16N4O2S/c1-9-13(10(2)16-15-9)20(18,19)17(11-6-7-11)12-5-3-4-8-14-12/h3-5,8,11H,6-7H2,1-2H3,(H,15,16). The highest BCUT2D eigenvalue weighted by Crippen LogP contribution is 2.36. The minimum Gasteiger partial charge on any atom is -0.281 e. The fourth-order valence-corrected chi connectivity index (χ4v) is 4.32. The van der Waals surface area contributed by atoms with E-state index in [4.69, 9.17) is 0 Å². The highest BCUT2D eigenvalue weighted by Gasteiger charge is 2.40. The molecule has 106 valence electrons. The third-order valence-electron chi connectivity index (χ3n) is 3.33. The highest BCUT2D eigenvalue weighted by molar-refractivity contribution is 7.93. The number of nitrogens with zero attached hydrogens (tertiary/aromatic N) is 3. The molecule has 3 rings (SSSR count). The Morgan fingerprint density at radius 3 is 2.55 bits per heavy atom. The summed E-state index contributed by atoms with van der Waals surface area (Å²) in [7, 11) is -3.63. The lowest BCUT2D eigenvalue weighted by atomic mass is 10.4. The molecule has 7 heteroatoms. The number of nitrogens with one attached hydrogen (secondary N) is 1. The van der Waals surface area contributed by atoms with Gasteiger partial charge in [-0.3, -0.25) is 5.10 Å². The number of hydrogen-bond acceptors (Lipinski definition) is 4. The number of pyridine rings is 1. The van der Waals surface area contributed by atoms with Crippen LogP contribution >= 0.6 is 0 Å². The molecule has 1 N–H and O–H groups in total. The van der Waals surface area contributed by atoms with Crippen LogP contribution in [0.2, 0.25) is 0 Å². The number of aromatic nitrogens is 3. The lowest BCUT2D eigenvalue weighted by Gasteiger charge is -2.23. The second-order valence-corrected chi connectivity index (χ2v) is 6.73. The second-order valence-electron chi connectivity index (χ2n) is 4.98. The molecule has 2 aromatic heterocycles. The van der Waals surface area contributed by atoms with E-state index in [0.717, 1.165) is 12.8 Å². The summed E-state index contributed by atoms with van der Waals surface area (Å²) < 4.78 is 27.3. The van der Waals surface area contributed by atoms with Gasteiger partial charge in [-0.2, -0.15) is 5.10 Å². The van der Waals surface area contributed by atoms with Crippen molar-refractivity contribution in [3.05, 3.63) is 35.8 Å². The number of hydrogen-bond donors (Lipinski definition) is 1. The molecule has 0 atom stereocenters. The van der Waals surface area contributed by atoms with E-state index in [-0.39, 0.29) is 10.9 Å². The van der Waals surface area contributed by atoms with E-state index in [1.54, 1.807) is 38.2 Å². The summed E-state index contributed by atoms with van der Waals surface area (Å²) in [6, 6.07) is 5.29. The van der Waals surface area contributed by atoms with Crippen molar-refractivity contribution in [3.8, 4) is 0 Å². The van der Waals surface area contributed by atoms with Crippen LogP contribution in [0.3, 0.4) is 0 Å². The predicted molar refractivity (Wildman–Crippen MR) is 75.0 cm³/mol. The van der Waals surface area contributed by atoms with Crippen LogP contribution in [0, 0.1) is 13.8 Å². The summed E-state index contributed by atoms with van der Waals surface area (Å²) in [5, 5.41) is 6.72. The average molecular weight is 292 g/mol. The van der Waals surface area contributed by atoms with E-state index < -0.39 is 10.0 Å². The number of aromatic amines is 1. The molecule has 2 aromatic rings. The molecule has 0 bridgehead atoms. The predicted octanol–water partition coefficient (Wildman–Crippen LogP) is 1.78. The molecule has 6 nitrogen and oxygen atoms in total. The van der Waals surface area contributed by atoms with Gasteiger partial charge in [0.25, 0.3) is 10.0 Å². The minimum absolute atomic E-state index is 0.00333. The van der Waals surface area contributed by atoms with E-state index in [1.165, 1.54) is 4.31 Å². The molecule has 2 heterocycles. The number of anilines is 1. The van der Waals surface area contributed by atoms with E-state index >= 15 is 0 Å². The van der Waals surface area contributed by atoms with Crippen molar-refractivity contribution in [3.63, 3.8) is 0 Å². The maximum atomic E-state index is 12.9. The van der Waals surface area contributed by atoms with Gasteiger partial charge in [0.15, 0.2) is 0 Å². The van der Waals surface area contributed by atoms with Gasteiger partial charge in [0, 0.05) is 12.2 Å². The Labute approximate surface area is 117 Å². The van der Waals surface area contributed by atoms with E-state index in [1.807, 2.05) is 0 Å². The molecule has 0 aliphatic heterocycles. The topological polar surface area (TPSA) is 79.0 Å². The Balaban J connectivity index is 2.13. The summed E-state index contributed by atoms with van der Waals surface area (Å²) in [6.45, 7) is 3.41. The van der Waals surface area contributed by atoms with Crippen molar-refractivity contribution < 1.29 is 8.42 Å². The zero-order chi connectivity index (χ0) is 14.3. The molecule has 0 radical (unpaired) electrons. The first-order chi connectivity index (χ1) is 9.51. The van der Waals surface area contributed by atoms with Crippen LogP contribution in [-0.2, 0) is 10.0 Å². The Morgan fingerprint density at radius 1 is 1.30 bits per heavy atom. The fourth-order valence-electron chi connectivity index (χ4n) is 2.32. The lowest BCUT2D eigenvalue weighted by Crippen LogP contribution is -2.34. The van der Waals surface area contributed by atoms with Crippen LogP contribution in [0.5, 0.6) is 0 Å². The van der Waals surface area contributed by atoms with Gasteiger partial charge in [-0.05, 0) is 38.8 Å². The molecular formula is C13H16N4O2S. The molecule has 1 saturated carbocycles. The van der Waals surface area contributed by atoms with Gasteiger partial charge >= 0.3 is 0 Å². The molecule has 0 amide bonds. The van der Waals surface area contributed by atoms with Crippen molar-refractivity contribution in [1.29, 1.82) is 0 Å². The number of sulfonamides is 1. The Hall–Kier alpha value is -1.89. The van der Waals surface area contributed by atoms with Gasteiger partial charge in [0.05, 0.1) is 11.4 Å². The molecule has 0 unspecified atom stereocenters. The third-order valence-corrected chi connectivity index (χ3v) is 5.45. The molecule has 1 fully saturated rings. The Kier molecular flexibility index (Phi) is 3.01. The summed E-state index contributed by atoms with van der Waals surface area (Å²) in [4.78, 5) is 4.45. The summed E-state index contributed by atoms with van der Waals surface area (Å²) >= 11 is 0. The van der Waals surface area contributed by atoms with Gasteiger partial charge in [-0.25, -0.2) is 17.7 Å².